The van der Waals surface area contributed by atoms with E-state index in [-0.39, 0.29) is 12.5 Å². The minimum atomic E-state index is -1.01. The van der Waals surface area contributed by atoms with E-state index in [1.165, 1.54) is 0 Å². The summed E-state index contributed by atoms with van der Waals surface area (Å²) in [7, 11) is 0. The zero-order valence-electron chi connectivity index (χ0n) is 8.21. The van der Waals surface area contributed by atoms with Crippen LogP contribution in [0.1, 0.15) is 18.4 Å². The molecule has 0 saturated heterocycles. The van der Waals surface area contributed by atoms with Crippen molar-refractivity contribution in [2.75, 3.05) is 6.54 Å². The number of hydrogen-bond donors (Lipinski definition) is 2. The van der Waals surface area contributed by atoms with Gasteiger partial charge in [-0.3, -0.25) is 0 Å². The molecule has 1 unspecified atom stereocenters. The number of hydrogen-bond acceptors (Lipinski definition) is 2. The third kappa shape index (κ3) is 1.87. The monoisotopic (exact) mass is 245 g/mol. The SMILES string of the molecule is NCC(O)(c1cccc(Cl)c1Cl)C1CC1. The Kier molecular flexibility index (Phi) is 2.95. The lowest BCUT2D eigenvalue weighted by Crippen LogP contribution is -2.37. The van der Waals surface area contributed by atoms with E-state index in [2.05, 4.69) is 0 Å². The molecule has 2 rings (SSSR count). The predicted molar refractivity (Wildman–Crippen MR) is 62.1 cm³/mol. The van der Waals surface area contributed by atoms with Crippen LogP contribution in [-0.4, -0.2) is 11.7 Å². The van der Waals surface area contributed by atoms with Crippen molar-refractivity contribution in [2.45, 2.75) is 18.4 Å². The summed E-state index contributed by atoms with van der Waals surface area (Å²) in [6.45, 7) is 0.178. The molecule has 1 aromatic carbocycles. The molecule has 0 aromatic heterocycles. The third-order valence-electron chi connectivity index (χ3n) is 2.98. The second-order valence-electron chi connectivity index (χ2n) is 4.00. The molecule has 1 atom stereocenters. The lowest BCUT2D eigenvalue weighted by molar-refractivity contribution is 0.0223. The van der Waals surface area contributed by atoms with Crippen molar-refractivity contribution in [1.29, 1.82) is 0 Å². The van der Waals surface area contributed by atoms with Crippen LogP contribution in [0, 0.1) is 5.92 Å². The molecular weight excluding hydrogens is 233 g/mol. The van der Waals surface area contributed by atoms with Crippen molar-refractivity contribution < 1.29 is 5.11 Å². The lowest BCUT2D eigenvalue weighted by Gasteiger charge is -2.28. The van der Waals surface area contributed by atoms with Crippen LogP contribution in [0.4, 0.5) is 0 Å². The molecule has 0 radical (unpaired) electrons. The molecule has 2 nitrogen and oxygen atoms in total. The van der Waals surface area contributed by atoms with Crippen molar-refractivity contribution in [3.05, 3.63) is 33.8 Å². The molecule has 0 spiro atoms. The van der Waals surface area contributed by atoms with Gasteiger partial charge >= 0.3 is 0 Å². The Labute approximate surface area is 99.0 Å². The Balaban J connectivity index is 2.46. The van der Waals surface area contributed by atoms with Crippen LogP contribution in [-0.2, 0) is 5.60 Å². The fourth-order valence-electron chi connectivity index (χ4n) is 1.90. The zero-order chi connectivity index (χ0) is 11.1. The van der Waals surface area contributed by atoms with E-state index in [9.17, 15) is 5.11 Å². The summed E-state index contributed by atoms with van der Waals surface area (Å²) >= 11 is 12.0. The van der Waals surface area contributed by atoms with Gasteiger partial charge in [0.25, 0.3) is 0 Å². The van der Waals surface area contributed by atoms with E-state index >= 15 is 0 Å². The second-order valence-corrected chi connectivity index (χ2v) is 4.79. The van der Waals surface area contributed by atoms with Crippen molar-refractivity contribution in [1.82, 2.24) is 0 Å². The first-order valence-corrected chi connectivity index (χ1v) is 5.72. The van der Waals surface area contributed by atoms with Gasteiger partial charge in [0.15, 0.2) is 0 Å². The fourth-order valence-corrected chi connectivity index (χ4v) is 2.36. The maximum absolute atomic E-state index is 10.5. The molecule has 0 heterocycles. The highest BCUT2D eigenvalue weighted by molar-refractivity contribution is 6.42. The van der Waals surface area contributed by atoms with Gasteiger partial charge in [0.1, 0.15) is 5.60 Å². The summed E-state index contributed by atoms with van der Waals surface area (Å²) in [5, 5.41) is 11.3. The number of nitrogens with two attached hydrogens (primary N) is 1. The largest absolute Gasteiger partial charge is 0.383 e. The van der Waals surface area contributed by atoms with E-state index < -0.39 is 5.60 Å². The van der Waals surface area contributed by atoms with E-state index in [1.807, 2.05) is 0 Å². The van der Waals surface area contributed by atoms with Crippen molar-refractivity contribution >= 4 is 23.2 Å². The quantitative estimate of drug-likeness (QED) is 0.860. The van der Waals surface area contributed by atoms with Gasteiger partial charge in [0.05, 0.1) is 10.0 Å². The topological polar surface area (TPSA) is 46.2 Å². The van der Waals surface area contributed by atoms with E-state index in [0.29, 0.717) is 15.6 Å². The van der Waals surface area contributed by atoms with Crippen molar-refractivity contribution in [3.8, 4) is 0 Å². The highest BCUT2D eigenvalue weighted by atomic mass is 35.5. The lowest BCUT2D eigenvalue weighted by atomic mass is 9.89. The van der Waals surface area contributed by atoms with Gasteiger partial charge in [-0.25, -0.2) is 0 Å². The summed E-state index contributed by atoms with van der Waals surface area (Å²) in [6.07, 6.45) is 1.99. The molecular formula is C11H13Cl2NO. The molecule has 0 aliphatic heterocycles. The molecule has 1 saturated carbocycles. The number of benzene rings is 1. The van der Waals surface area contributed by atoms with Crippen LogP contribution in [0.15, 0.2) is 18.2 Å². The Hall–Kier alpha value is -0.280. The molecule has 4 heteroatoms. The average molecular weight is 246 g/mol. The molecule has 0 bridgehead atoms. The molecule has 1 fully saturated rings. The Morgan fingerprint density at radius 2 is 2.07 bits per heavy atom. The molecule has 0 amide bonds. The Morgan fingerprint density at radius 3 is 2.60 bits per heavy atom. The van der Waals surface area contributed by atoms with Crippen molar-refractivity contribution in [2.24, 2.45) is 11.7 Å². The van der Waals surface area contributed by atoms with Gasteiger partial charge in [-0.05, 0) is 24.8 Å². The maximum atomic E-state index is 10.5. The van der Waals surface area contributed by atoms with Gasteiger partial charge in [0.2, 0.25) is 0 Å². The van der Waals surface area contributed by atoms with Gasteiger partial charge in [-0.1, -0.05) is 35.3 Å². The van der Waals surface area contributed by atoms with Gasteiger partial charge in [-0.15, -0.1) is 0 Å². The summed E-state index contributed by atoms with van der Waals surface area (Å²) in [6, 6.07) is 5.28. The second kappa shape index (κ2) is 3.95. The summed E-state index contributed by atoms with van der Waals surface area (Å²) in [5.74, 6) is 0.221. The molecule has 1 aliphatic rings. The molecule has 1 aromatic rings. The standard InChI is InChI=1S/C11H13Cl2NO/c12-9-3-1-2-8(10(9)13)11(15,6-14)7-4-5-7/h1-3,7,15H,4-6,14H2. The fraction of sp³-hybridized carbons (Fsp3) is 0.455. The van der Waals surface area contributed by atoms with Crippen molar-refractivity contribution in [3.63, 3.8) is 0 Å². The highest BCUT2D eigenvalue weighted by Crippen LogP contribution is 2.47. The smallest absolute Gasteiger partial charge is 0.106 e. The van der Waals surface area contributed by atoms with Crippen LogP contribution in [0.2, 0.25) is 10.0 Å². The minimum Gasteiger partial charge on any atom is -0.383 e. The van der Waals surface area contributed by atoms with Crippen LogP contribution in [0.25, 0.3) is 0 Å². The first kappa shape index (κ1) is 11.2. The molecule has 82 valence electrons. The zero-order valence-corrected chi connectivity index (χ0v) is 9.72. The summed E-state index contributed by atoms with van der Waals surface area (Å²) < 4.78 is 0. The normalized spacial score (nSPS) is 20.0. The Morgan fingerprint density at radius 1 is 1.40 bits per heavy atom. The van der Waals surface area contributed by atoms with E-state index in [1.54, 1.807) is 18.2 Å². The molecule has 3 N–H and O–H groups in total. The average Bonchev–Trinajstić information content (AvgIpc) is 3.05. The maximum Gasteiger partial charge on any atom is 0.106 e. The van der Waals surface area contributed by atoms with E-state index in [4.69, 9.17) is 28.9 Å². The van der Waals surface area contributed by atoms with Crippen LogP contribution in [0.3, 0.4) is 0 Å². The van der Waals surface area contributed by atoms with Gasteiger partial charge < -0.3 is 10.8 Å². The first-order valence-electron chi connectivity index (χ1n) is 4.96. The van der Waals surface area contributed by atoms with Gasteiger partial charge in [0, 0.05) is 12.1 Å². The number of aliphatic hydroxyl groups is 1. The molecule has 1 aliphatic carbocycles. The minimum absolute atomic E-state index is 0.178. The van der Waals surface area contributed by atoms with Gasteiger partial charge in [-0.2, -0.15) is 0 Å². The third-order valence-corrected chi connectivity index (χ3v) is 3.80. The van der Waals surface area contributed by atoms with E-state index in [0.717, 1.165) is 12.8 Å². The van der Waals surface area contributed by atoms with Crippen LogP contribution >= 0.6 is 23.2 Å². The van der Waals surface area contributed by atoms with Crippen LogP contribution < -0.4 is 5.73 Å². The molecule has 15 heavy (non-hydrogen) atoms. The van der Waals surface area contributed by atoms with Crippen LogP contribution in [0.5, 0.6) is 0 Å². The summed E-state index contributed by atoms with van der Waals surface area (Å²) in [4.78, 5) is 0. The Bertz CT molecular complexity index is 379. The first-order chi connectivity index (χ1) is 7.09. The number of halogens is 2. The predicted octanol–water partition coefficient (Wildman–Crippen LogP) is 2.55. The number of rotatable bonds is 3. The summed E-state index contributed by atoms with van der Waals surface area (Å²) in [5.41, 5.74) is 5.29. The highest BCUT2D eigenvalue weighted by Gasteiger charge is 2.45.